The Morgan fingerprint density at radius 1 is 1.08 bits per heavy atom. The first-order valence-electron chi connectivity index (χ1n) is 6.80. The maximum Gasteiger partial charge on any atom is 0.341 e. The zero-order valence-corrected chi connectivity index (χ0v) is 12.5. The lowest BCUT2D eigenvalue weighted by Crippen LogP contribution is -2.30. The van der Waals surface area contributed by atoms with Crippen LogP contribution in [0, 0.1) is 17.5 Å². The lowest BCUT2D eigenvalue weighted by molar-refractivity contribution is -0.123. The van der Waals surface area contributed by atoms with Crippen molar-refractivity contribution in [3.05, 3.63) is 59.4 Å². The number of amides is 1. The van der Waals surface area contributed by atoms with Gasteiger partial charge >= 0.3 is 5.97 Å². The molecule has 24 heavy (non-hydrogen) atoms. The van der Waals surface area contributed by atoms with Gasteiger partial charge in [0.05, 0.1) is 16.9 Å². The Bertz CT molecular complexity index is 796. The number of anilines is 2. The van der Waals surface area contributed by atoms with E-state index >= 15 is 0 Å². The number of carbonyl (C=O) groups is 2. The molecular weight excluding hydrogens is 325 g/mol. The molecule has 1 atom stereocenters. The van der Waals surface area contributed by atoms with Crippen LogP contribution in [0.2, 0.25) is 0 Å². The molecule has 0 spiro atoms. The fourth-order valence-electron chi connectivity index (χ4n) is 1.80. The van der Waals surface area contributed by atoms with Crippen molar-refractivity contribution in [1.29, 1.82) is 0 Å². The second-order valence-corrected chi connectivity index (χ2v) is 4.87. The van der Waals surface area contributed by atoms with Gasteiger partial charge < -0.3 is 15.8 Å². The van der Waals surface area contributed by atoms with Crippen LogP contribution in [0.15, 0.2) is 36.4 Å². The van der Waals surface area contributed by atoms with Gasteiger partial charge in [-0.05, 0) is 25.1 Å². The van der Waals surface area contributed by atoms with Crippen LogP contribution in [-0.4, -0.2) is 18.0 Å². The van der Waals surface area contributed by atoms with Gasteiger partial charge in [-0.15, -0.1) is 0 Å². The first-order valence-corrected chi connectivity index (χ1v) is 6.80. The van der Waals surface area contributed by atoms with E-state index < -0.39 is 46.7 Å². The average Bonchev–Trinajstić information content (AvgIpc) is 2.52. The highest BCUT2D eigenvalue weighted by molar-refractivity contribution is 5.97. The fourth-order valence-corrected chi connectivity index (χ4v) is 1.80. The van der Waals surface area contributed by atoms with E-state index in [1.54, 1.807) is 0 Å². The number of rotatable bonds is 4. The van der Waals surface area contributed by atoms with Crippen molar-refractivity contribution in [3.8, 4) is 0 Å². The first kappa shape index (κ1) is 17.3. The number of ether oxygens (including phenoxy) is 1. The molecule has 0 bridgehead atoms. The second-order valence-electron chi connectivity index (χ2n) is 4.87. The van der Waals surface area contributed by atoms with Crippen molar-refractivity contribution >= 4 is 23.3 Å². The number of nitrogens with two attached hydrogens (primary N) is 1. The molecular formula is C16H13F3N2O3. The monoisotopic (exact) mass is 338 g/mol. The van der Waals surface area contributed by atoms with E-state index in [0.29, 0.717) is 6.07 Å². The minimum atomic E-state index is -1.34. The molecule has 1 unspecified atom stereocenters. The van der Waals surface area contributed by atoms with E-state index in [9.17, 15) is 22.8 Å². The normalized spacial score (nSPS) is 11.7. The molecule has 0 heterocycles. The third kappa shape index (κ3) is 3.83. The molecule has 0 saturated carbocycles. The zero-order chi connectivity index (χ0) is 17.9. The molecule has 1 amide bonds. The number of nitrogen functional groups attached to an aromatic ring is 1. The lowest BCUT2D eigenvalue weighted by atomic mass is 10.2. The van der Waals surface area contributed by atoms with E-state index in [2.05, 4.69) is 5.32 Å². The largest absolute Gasteiger partial charge is 0.449 e. The smallest absolute Gasteiger partial charge is 0.341 e. The molecule has 2 aromatic carbocycles. The second kappa shape index (κ2) is 7.03. The molecule has 0 aliphatic rings. The van der Waals surface area contributed by atoms with Gasteiger partial charge in [-0.3, -0.25) is 4.79 Å². The van der Waals surface area contributed by atoms with E-state index in [1.165, 1.54) is 25.1 Å². The van der Waals surface area contributed by atoms with Crippen LogP contribution in [0.5, 0.6) is 0 Å². The molecule has 0 saturated heterocycles. The van der Waals surface area contributed by atoms with Crippen LogP contribution in [0.3, 0.4) is 0 Å². The maximum atomic E-state index is 13.6. The third-order valence-corrected chi connectivity index (χ3v) is 3.09. The van der Waals surface area contributed by atoms with Crippen LogP contribution in [0.1, 0.15) is 17.3 Å². The van der Waals surface area contributed by atoms with E-state index in [1.807, 2.05) is 0 Å². The summed E-state index contributed by atoms with van der Waals surface area (Å²) in [6.45, 7) is 1.22. The molecule has 0 aliphatic carbocycles. The summed E-state index contributed by atoms with van der Waals surface area (Å²) in [5.41, 5.74) is 4.12. The Morgan fingerprint density at radius 3 is 2.42 bits per heavy atom. The number of para-hydroxylation sites is 1. The summed E-state index contributed by atoms with van der Waals surface area (Å²) < 4.78 is 44.9. The number of esters is 1. The summed E-state index contributed by atoms with van der Waals surface area (Å²) in [5.74, 6) is -4.87. The summed E-state index contributed by atoms with van der Waals surface area (Å²) in [7, 11) is 0. The summed E-state index contributed by atoms with van der Waals surface area (Å²) in [4.78, 5) is 23.8. The minimum absolute atomic E-state index is 0.0948. The van der Waals surface area contributed by atoms with Crippen LogP contribution >= 0.6 is 0 Å². The summed E-state index contributed by atoms with van der Waals surface area (Å²) in [6, 6.07) is 6.62. The number of hydrogen-bond acceptors (Lipinski definition) is 4. The van der Waals surface area contributed by atoms with E-state index in [-0.39, 0.29) is 5.69 Å². The molecule has 8 heteroatoms. The lowest BCUT2D eigenvalue weighted by Gasteiger charge is -2.14. The molecule has 2 aromatic rings. The topological polar surface area (TPSA) is 81.4 Å². The van der Waals surface area contributed by atoms with Crippen LogP contribution in [-0.2, 0) is 9.53 Å². The van der Waals surface area contributed by atoms with Gasteiger partial charge in [0.15, 0.2) is 6.10 Å². The van der Waals surface area contributed by atoms with Crippen molar-refractivity contribution in [1.82, 2.24) is 0 Å². The Kier molecular flexibility index (Phi) is 5.08. The first-order chi connectivity index (χ1) is 11.3. The summed E-state index contributed by atoms with van der Waals surface area (Å²) >= 11 is 0. The Hall–Kier alpha value is -3.03. The highest BCUT2D eigenvalue weighted by atomic mass is 19.1. The van der Waals surface area contributed by atoms with Crippen molar-refractivity contribution in [2.45, 2.75) is 13.0 Å². The highest BCUT2D eigenvalue weighted by Crippen LogP contribution is 2.18. The van der Waals surface area contributed by atoms with Gasteiger partial charge in [-0.2, -0.15) is 0 Å². The average molecular weight is 338 g/mol. The highest BCUT2D eigenvalue weighted by Gasteiger charge is 2.23. The molecule has 3 N–H and O–H groups in total. The van der Waals surface area contributed by atoms with Gasteiger partial charge in [0.1, 0.15) is 17.5 Å². The standard InChI is InChI=1S/C16H13F3N2O3/c1-8(15(22)21-14-5-3-2-4-10(14)17)24-16(23)9-6-13(20)12(19)7-11(9)18/h2-8H,20H2,1H3,(H,21,22). The molecule has 2 rings (SSSR count). The number of halogens is 3. The SMILES string of the molecule is CC(OC(=O)c1cc(N)c(F)cc1F)C(=O)Nc1ccccc1F. The summed E-state index contributed by atoms with van der Waals surface area (Å²) in [5, 5.41) is 2.23. The predicted molar refractivity (Wildman–Crippen MR) is 80.7 cm³/mol. The van der Waals surface area contributed by atoms with Crippen LogP contribution in [0.25, 0.3) is 0 Å². The number of benzene rings is 2. The Labute approximate surface area is 135 Å². The van der Waals surface area contributed by atoms with Gasteiger partial charge in [-0.1, -0.05) is 12.1 Å². The number of carbonyl (C=O) groups excluding carboxylic acids is 2. The third-order valence-electron chi connectivity index (χ3n) is 3.09. The van der Waals surface area contributed by atoms with Crippen molar-refractivity contribution in [3.63, 3.8) is 0 Å². The molecule has 0 radical (unpaired) electrons. The minimum Gasteiger partial charge on any atom is -0.449 e. The van der Waals surface area contributed by atoms with E-state index in [4.69, 9.17) is 10.5 Å². The molecule has 5 nitrogen and oxygen atoms in total. The molecule has 0 aliphatic heterocycles. The number of hydrogen-bond donors (Lipinski definition) is 2. The van der Waals surface area contributed by atoms with Crippen molar-refractivity contribution in [2.75, 3.05) is 11.1 Å². The van der Waals surface area contributed by atoms with Crippen molar-refractivity contribution in [2.24, 2.45) is 0 Å². The molecule has 126 valence electrons. The molecule has 0 aromatic heterocycles. The number of nitrogens with one attached hydrogen (secondary N) is 1. The maximum absolute atomic E-state index is 13.6. The van der Waals surface area contributed by atoms with Gasteiger partial charge in [-0.25, -0.2) is 18.0 Å². The zero-order valence-electron chi connectivity index (χ0n) is 12.5. The Morgan fingerprint density at radius 2 is 1.75 bits per heavy atom. The summed E-state index contributed by atoms with van der Waals surface area (Å²) in [6.07, 6.45) is -1.34. The van der Waals surface area contributed by atoms with Gasteiger partial charge in [0, 0.05) is 6.07 Å². The predicted octanol–water partition coefficient (Wildman–Crippen LogP) is 2.87. The van der Waals surface area contributed by atoms with Gasteiger partial charge in [0.25, 0.3) is 5.91 Å². The quantitative estimate of drug-likeness (QED) is 0.663. The molecule has 0 fully saturated rings. The fraction of sp³-hybridized carbons (Fsp3) is 0.125. The Balaban J connectivity index is 2.07. The van der Waals surface area contributed by atoms with Gasteiger partial charge in [0.2, 0.25) is 0 Å². The van der Waals surface area contributed by atoms with Crippen molar-refractivity contribution < 1.29 is 27.5 Å². The van der Waals surface area contributed by atoms with Crippen LogP contribution in [0.4, 0.5) is 24.5 Å². The van der Waals surface area contributed by atoms with Crippen LogP contribution < -0.4 is 11.1 Å². The van der Waals surface area contributed by atoms with E-state index in [0.717, 1.165) is 12.1 Å².